The Hall–Kier alpha value is -5.28. The third kappa shape index (κ3) is 3.92. The lowest BCUT2D eigenvalue weighted by Crippen LogP contribution is -2.45. The first-order valence-corrected chi connectivity index (χ1v) is 12.1. The number of methoxy groups -OCH3 is 1. The number of benzene rings is 4. The zero-order chi connectivity index (χ0) is 27.1. The third-order valence-electron chi connectivity index (χ3n) is 6.75. The first kappa shape index (κ1) is 24.1. The van der Waals surface area contributed by atoms with Crippen LogP contribution in [0.25, 0.3) is 11.0 Å². The quantitative estimate of drug-likeness (QED) is 0.287. The molecule has 0 radical (unpaired) electrons. The summed E-state index contributed by atoms with van der Waals surface area (Å²) >= 11 is 0. The van der Waals surface area contributed by atoms with Gasteiger partial charge in [-0.2, -0.15) is 0 Å². The lowest BCUT2D eigenvalue weighted by Gasteiger charge is -2.35. The Bertz CT molecular complexity index is 1760. The number of carbonyl (C=O) groups excluding carboxylic acids is 3. The lowest BCUT2D eigenvalue weighted by molar-refractivity contribution is 0.0703. The molecule has 0 saturated heterocycles. The summed E-state index contributed by atoms with van der Waals surface area (Å²) in [6.45, 7) is 0. The van der Waals surface area contributed by atoms with Gasteiger partial charge in [0.15, 0.2) is 11.5 Å². The molecule has 39 heavy (non-hydrogen) atoms. The van der Waals surface area contributed by atoms with Gasteiger partial charge >= 0.3 is 6.09 Å². The number of ketones is 1. The van der Waals surface area contributed by atoms with Gasteiger partial charge in [-0.25, -0.2) is 9.78 Å². The van der Waals surface area contributed by atoms with E-state index in [9.17, 15) is 19.5 Å². The average Bonchev–Trinajstić information content (AvgIpc) is 3.48. The highest BCUT2D eigenvalue weighted by Crippen LogP contribution is 2.45. The van der Waals surface area contributed by atoms with Crippen molar-refractivity contribution < 1.29 is 24.2 Å². The predicted octanol–water partition coefficient (Wildman–Crippen LogP) is 4.83. The number of anilines is 2. The van der Waals surface area contributed by atoms with Crippen LogP contribution in [-0.2, 0) is 10.5 Å². The van der Waals surface area contributed by atoms with E-state index in [1.807, 2.05) is 6.07 Å². The van der Waals surface area contributed by atoms with E-state index in [-0.39, 0.29) is 11.7 Å². The van der Waals surface area contributed by atoms with Crippen molar-refractivity contribution in [3.8, 4) is 0 Å². The second-order valence-electron chi connectivity index (χ2n) is 9.04. The van der Waals surface area contributed by atoms with E-state index in [0.717, 1.165) is 0 Å². The van der Waals surface area contributed by atoms with E-state index in [4.69, 9.17) is 0 Å². The maximum atomic E-state index is 13.8. The molecule has 6 rings (SSSR count). The minimum absolute atomic E-state index is 0.174. The summed E-state index contributed by atoms with van der Waals surface area (Å²) < 4.78 is 4.62. The molecule has 0 fully saturated rings. The molecule has 4 aromatic carbocycles. The number of nitrogens with one attached hydrogen (secondary N) is 2. The number of imidazole rings is 1. The largest absolute Gasteiger partial charge is 0.453 e. The van der Waals surface area contributed by atoms with Crippen molar-refractivity contribution in [3.63, 3.8) is 0 Å². The molecule has 1 aromatic heterocycles. The van der Waals surface area contributed by atoms with Crippen LogP contribution in [0.1, 0.15) is 37.4 Å². The summed E-state index contributed by atoms with van der Waals surface area (Å²) in [5, 5.41) is 14.9. The number of ether oxygens (including phenoxy) is 1. The number of H-pyrrole nitrogens is 1. The van der Waals surface area contributed by atoms with Crippen molar-refractivity contribution in [1.29, 1.82) is 0 Å². The number of amides is 2. The minimum atomic E-state index is -1.90. The van der Waals surface area contributed by atoms with Crippen molar-refractivity contribution in [2.24, 2.45) is 0 Å². The number of aromatic nitrogens is 2. The fourth-order valence-electron chi connectivity index (χ4n) is 4.92. The van der Waals surface area contributed by atoms with Crippen molar-refractivity contribution in [1.82, 2.24) is 9.97 Å². The van der Waals surface area contributed by atoms with Crippen LogP contribution in [0.3, 0.4) is 0 Å². The average molecular weight is 519 g/mol. The van der Waals surface area contributed by atoms with E-state index in [1.54, 1.807) is 91.0 Å². The summed E-state index contributed by atoms with van der Waals surface area (Å²) in [6, 6.07) is 27.4. The molecule has 2 amide bonds. The molecule has 0 saturated carbocycles. The van der Waals surface area contributed by atoms with Crippen LogP contribution in [0, 0.1) is 0 Å². The van der Waals surface area contributed by atoms with Gasteiger partial charge in [-0.3, -0.25) is 19.8 Å². The molecule has 1 atom stereocenters. The first-order chi connectivity index (χ1) is 18.9. The highest BCUT2D eigenvalue weighted by Gasteiger charge is 2.50. The van der Waals surface area contributed by atoms with Gasteiger partial charge in [0.1, 0.15) is 0 Å². The van der Waals surface area contributed by atoms with Crippen LogP contribution in [0.5, 0.6) is 0 Å². The first-order valence-electron chi connectivity index (χ1n) is 12.1. The van der Waals surface area contributed by atoms with E-state index in [0.29, 0.717) is 44.5 Å². The van der Waals surface area contributed by atoms with Crippen molar-refractivity contribution in [2.45, 2.75) is 5.72 Å². The fraction of sp³-hybridized carbons (Fsp3) is 0.0667. The monoisotopic (exact) mass is 518 g/mol. The molecule has 3 N–H and O–H groups in total. The van der Waals surface area contributed by atoms with Gasteiger partial charge in [0.05, 0.1) is 18.1 Å². The summed E-state index contributed by atoms with van der Waals surface area (Å²) in [5.74, 6) is -0.436. The molecule has 0 bridgehead atoms. The number of aliphatic hydroxyl groups is 1. The van der Waals surface area contributed by atoms with E-state index in [1.165, 1.54) is 12.0 Å². The molecule has 0 aliphatic carbocycles. The molecular weight excluding hydrogens is 496 g/mol. The number of hydrogen-bond donors (Lipinski definition) is 3. The number of hydrogen-bond acceptors (Lipinski definition) is 6. The fourth-order valence-corrected chi connectivity index (χ4v) is 4.92. The van der Waals surface area contributed by atoms with Crippen LogP contribution >= 0.6 is 0 Å². The van der Waals surface area contributed by atoms with Crippen molar-refractivity contribution >= 4 is 40.5 Å². The van der Waals surface area contributed by atoms with E-state index in [2.05, 4.69) is 20.0 Å². The lowest BCUT2D eigenvalue weighted by atomic mass is 9.93. The number of fused-ring (bicyclic) bond motifs is 2. The Kier molecular flexibility index (Phi) is 5.70. The molecule has 2 heterocycles. The SMILES string of the molecule is COC(=O)Nc1nc2cc(C3(O)c4ccccc4C(=O)N3c3cccc(C(=O)c4ccccc4)c3)ccc2[nH]1. The molecule has 192 valence electrons. The molecule has 9 nitrogen and oxygen atoms in total. The highest BCUT2D eigenvalue weighted by atomic mass is 16.5. The molecule has 1 unspecified atom stereocenters. The van der Waals surface area contributed by atoms with Gasteiger partial charge in [-0.1, -0.05) is 66.7 Å². The number of carbonyl (C=O) groups is 3. The van der Waals surface area contributed by atoms with Crippen LogP contribution in [0.4, 0.5) is 16.4 Å². The summed E-state index contributed by atoms with van der Waals surface area (Å²) in [6.07, 6.45) is -0.681. The van der Waals surface area contributed by atoms with Crippen LogP contribution in [0.2, 0.25) is 0 Å². The van der Waals surface area contributed by atoms with Crippen LogP contribution in [-0.4, -0.2) is 40.0 Å². The van der Waals surface area contributed by atoms with E-state index >= 15 is 0 Å². The van der Waals surface area contributed by atoms with Crippen LogP contribution < -0.4 is 10.2 Å². The molecule has 5 aromatic rings. The van der Waals surface area contributed by atoms with Crippen LogP contribution in [0.15, 0.2) is 97.1 Å². The number of nitrogens with zero attached hydrogens (tertiary/aromatic N) is 2. The van der Waals surface area contributed by atoms with Gasteiger partial charge < -0.3 is 14.8 Å². The Morgan fingerprint density at radius 2 is 1.67 bits per heavy atom. The standard InChI is InChI=1S/C30H22N4O5/c1-39-29(37)33-28-31-24-15-14-20(17-25(24)32-28)30(38)23-13-6-5-12-22(23)27(36)34(30)21-11-7-10-19(16-21)26(35)18-8-3-2-4-9-18/h2-17,38H,1H3,(H2,31,32,33,37). The normalized spacial score (nSPS) is 16.3. The zero-order valence-corrected chi connectivity index (χ0v) is 20.7. The van der Waals surface area contributed by atoms with Crippen molar-refractivity contribution in [3.05, 3.63) is 125 Å². The van der Waals surface area contributed by atoms with Gasteiger partial charge in [-0.15, -0.1) is 0 Å². The Morgan fingerprint density at radius 1 is 0.923 bits per heavy atom. The summed E-state index contributed by atoms with van der Waals surface area (Å²) in [7, 11) is 1.25. The number of aromatic amines is 1. The number of rotatable bonds is 5. The Labute approximate surface area is 222 Å². The van der Waals surface area contributed by atoms with E-state index < -0.39 is 17.7 Å². The topological polar surface area (TPSA) is 125 Å². The zero-order valence-electron chi connectivity index (χ0n) is 20.7. The summed E-state index contributed by atoms with van der Waals surface area (Å²) in [5.41, 5.74) is 1.54. The predicted molar refractivity (Wildman–Crippen MR) is 145 cm³/mol. The second kappa shape index (κ2) is 9.23. The van der Waals surface area contributed by atoms with Gasteiger partial charge in [-0.05, 0) is 30.3 Å². The summed E-state index contributed by atoms with van der Waals surface area (Å²) in [4.78, 5) is 47.2. The third-order valence-corrected chi connectivity index (χ3v) is 6.75. The smallest absolute Gasteiger partial charge is 0.413 e. The van der Waals surface area contributed by atoms with Gasteiger partial charge in [0, 0.05) is 33.5 Å². The van der Waals surface area contributed by atoms with Gasteiger partial charge in [0.25, 0.3) is 5.91 Å². The molecule has 9 heteroatoms. The maximum Gasteiger partial charge on any atom is 0.413 e. The maximum absolute atomic E-state index is 13.8. The highest BCUT2D eigenvalue weighted by molar-refractivity contribution is 6.14. The van der Waals surface area contributed by atoms with Gasteiger partial charge in [0.2, 0.25) is 5.95 Å². The van der Waals surface area contributed by atoms with Crippen molar-refractivity contribution in [2.75, 3.05) is 17.3 Å². The molecule has 1 aliphatic rings. The molecular formula is C30H22N4O5. The minimum Gasteiger partial charge on any atom is -0.453 e. The Balaban J connectivity index is 1.47. The Morgan fingerprint density at radius 3 is 2.46 bits per heavy atom. The molecule has 1 aliphatic heterocycles. The second-order valence-corrected chi connectivity index (χ2v) is 9.04. The molecule has 0 spiro atoms.